The predicted molar refractivity (Wildman–Crippen MR) is 71.5 cm³/mol. The maximum atomic E-state index is 12.7. The SMILES string of the molecule is CCC1CCCC1Nc1cc(C(F)(F)F)ccc1Cl. The van der Waals surface area contributed by atoms with Crippen molar-refractivity contribution in [2.24, 2.45) is 5.92 Å². The topological polar surface area (TPSA) is 12.0 Å². The first-order valence-electron chi connectivity index (χ1n) is 6.55. The van der Waals surface area contributed by atoms with Gasteiger partial charge in [-0.05, 0) is 37.0 Å². The van der Waals surface area contributed by atoms with Crippen molar-refractivity contribution in [3.8, 4) is 0 Å². The van der Waals surface area contributed by atoms with Crippen LogP contribution in [0.5, 0.6) is 0 Å². The fourth-order valence-corrected chi connectivity index (χ4v) is 2.90. The first kappa shape index (κ1) is 14.5. The van der Waals surface area contributed by atoms with E-state index in [2.05, 4.69) is 12.2 Å². The molecule has 2 rings (SSSR count). The van der Waals surface area contributed by atoms with Crippen molar-refractivity contribution in [3.63, 3.8) is 0 Å². The number of alkyl halides is 3. The minimum atomic E-state index is -4.33. The Bertz CT molecular complexity index is 445. The van der Waals surface area contributed by atoms with Gasteiger partial charge in [0, 0.05) is 6.04 Å². The Labute approximate surface area is 116 Å². The summed E-state index contributed by atoms with van der Waals surface area (Å²) in [5, 5.41) is 3.53. The Balaban J connectivity index is 2.20. The first-order valence-corrected chi connectivity index (χ1v) is 6.93. The van der Waals surface area contributed by atoms with Gasteiger partial charge >= 0.3 is 6.18 Å². The minimum Gasteiger partial charge on any atom is -0.381 e. The van der Waals surface area contributed by atoms with E-state index < -0.39 is 11.7 Å². The number of anilines is 1. The van der Waals surface area contributed by atoms with Gasteiger partial charge in [-0.15, -0.1) is 0 Å². The molecule has 0 radical (unpaired) electrons. The summed E-state index contributed by atoms with van der Waals surface area (Å²) in [5.41, 5.74) is -0.271. The molecule has 2 unspecified atom stereocenters. The van der Waals surface area contributed by atoms with Crippen molar-refractivity contribution in [2.75, 3.05) is 5.32 Å². The second-order valence-corrected chi connectivity index (χ2v) is 5.45. The van der Waals surface area contributed by atoms with Crippen molar-refractivity contribution in [1.29, 1.82) is 0 Å². The van der Waals surface area contributed by atoms with Gasteiger partial charge in [-0.3, -0.25) is 0 Å². The third kappa shape index (κ3) is 3.35. The Morgan fingerprint density at radius 1 is 1.32 bits per heavy atom. The van der Waals surface area contributed by atoms with Gasteiger partial charge < -0.3 is 5.32 Å². The van der Waals surface area contributed by atoms with Gasteiger partial charge in [-0.2, -0.15) is 13.2 Å². The third-order valence-electron chi connectivity index (χ3n) is 3.82. The van der Waals surface area contributed by atoms with Crippen LogP contribution in [0, 0.1) is 5.92 Å². The van der Waals surface area contributed by atoms with Gasteiger partial charge in [0.15, 0.2) is 0 Å². The lowest BCUT2D eigenvalue weighted by Gasteiger charge is -2.22. The lowest BCUT2D eigenvalue weighted by Crippen LogP contribution is -2.23. The smallest absolute Gasteiger partial charge is 0.381 e. The van der Waals surface area contributed by atoms with Crippen LogP contribution in [0.3, 0.4) is 0 Å². The summed E-state index contributed by atoms with van der Waals surface area (Å²) in [6.45, 7) is 2.11. The molecule has 5 heteroatoms. The molecule has 1 nitrogen and oxygen atoms in total. The molecule has 0 bridgehead atoms. The van der Waals surface area contributed by atoms with E-state index in [4.69, 9.17) is 11.6 Å². The largest absolute Gasteiger partial charge is 0.416 e. The molecule has 0 amide bonds. The van der Waals surface area contributed by atoms with Gasteiger partial charge in [-0.25, -0.2) is 0 Å². The summed E-state index contributed by atoms with van der Waals surface area (Å²) in [6.07, 6.45) is -0.0579. The van der Waals surface area contributed by atoms with E-state index in [0.717, 1.165) is 37.8 Å². The van der Waals surface area contributed by atoms with Crippen LogP contribution in [0.1, 0.15) is 38.2 Å². The van der Waals surface area contributed by atoms with E-state index in [1.807, 2.05) is 0 Å². The molecule has 0 aliphatic heterocycles. The molecule has 1 aromatic carbocycles. The molecule has 0 aromatic heterocycles. The van der Waals surface area contributed by atoms with E-state index in [-0.39, 0.29) is 6.04 Å². The number of hydrogen-bond donors (Lipinski definition) is 1. The average Bonchev–Trinajstić information content (AvgIpc) is 2.77. The highest BCUT2D eigenvalue weighted by molar-refractivity contribution is 6.33. The maximum Gasteiger partial charge on any atom is 0.416 e. The number of rotatable bonds is 3. The van der Waals surface area contributed by atoms with Gasteiger partial charge in [-0.1, -0.05) is 31.4 Å². The average molecular weight is 292 g/mol. The van der Waals surface area contributed by atoms with E-state index in [0.29, 0.717) is 16.6 Å². The molecule has 1 aliphatic carbocycles. The van der Waals surface area contributed by atoms with Crippen molar-refractivity contribution >= 4 is 17.3 Å². The Kier molecular flexibility index (Phi) is 4.29. The lowest BCUT2D eigenvalue weighted by atomic mass is 10.0. The van der Waals surface area contributed by atoms with Gasteiger partial charge in [0.25, 0.3) is 0 Å². The monoisotopic (exact) mass is 291 g/mol. The minimum absolute atomic E-state index is 0.228. The normalized spacial score (nSPS) is 23.6. The summed E-state index contributed by atoms with van der Waals surface area (Å²) in [7, 11) is 0. The molecule has 1 aromatic rings. The zero-order valence-corrected chi connectivity index (χ0v) is 11.5. The highest BCUT2D eigenvalue weighted by Crippen LogP contribution is 2.36. The summed E-state index contributed by atoms with van der Waals surface area (Å²) in [5.74, 6) is 0.519. The highest BCUT2D eigenvalue weighted by Gasteiger charge is 2.32. The second-order valence-electron chi connectivity index (χ2n) is 5.04. The molecule has 1 N–H and O–H groups in total. The molecule has 0 heterocycles. The number of halogens is 4. The van der Waals surface area contributed by atoms with Crippen molar-refractivity contribution in [3.05, 3.63) is 28.8 Å². The van der Waals surface area contributed by atoms with Crippen molar-refractivity contribution in [1.82, 2.24) is 0 Å². The van der Waals surface area contributed by atoms with Crippen molar-refractivity contribution in [2.45, 2.75) is 44.8 Å². The quantitative estimate of drug-likeness (QED) is 0.791. The Morgan fingerprint density at radius 3 is 2.68 bits per heavy atom. The standard InChI is InChI=1S/C14H17ClF3N/c1-2-9-4-3-5-12(9)19-13-8-10(14(16,17)18)6-7-11(13)15/h6-9,12,19H,2-5H2,1H3. The van der Waals surface area contributed by atoms with Crippen molar-refractivity contribution < 1.29 is 13.2 Å². The molecule has 2 atom stereocenters. The van der Waals surface area contributed by atoms with E-state index in [1.54, 1.807) is 0 Å². The van der Waals surface area contributed by atoms with Crippen LogP contribution in [0.15, 0.2) is 18.2 Å². The maximum absolute atomic E-state index is 12.7. The van der Waals surface area contributed by atoms with E-state index in [1.165, 1.54) is 6.07 Å². The number of nitrogens with one attached hydrogen (secondary N) is 1. The summed E-state index contributed by atoms with van der Waals surface area (Å²) in [6, 6.07) is 3.65. The number of hydrogen-bond acceptors (Lipinski definition) is 1. The molecular weight excluding hydrogens is 275 g/mol. The molecule has 19 heavy (non-hydrogen) atoms. The first-order chi connectivity index (χ1) is 8.91. The Hall–Kier alpha value is -0.900. The van der Waals surface area contributed by atoms with Crippen LogP contribution in [0.25, 0.3) is 0 Å². The van der Waals surface area contributed by atoms with E-state index in [9.17, 15) is 13.2 Å². The summed E-state index contributed by atoms with van der Waals surface area (Å²) < 4.78 is 38.1. The highest BCUT2D eigenvalue weighted by atomic mass is 35.5. The van der Waals surface area contributed by atoms with Gasteiger partial charge in [0.05, 0.1) is 16.3 Å². The molecule has 1 aliphatic rings. The molecule has 1 saturated carbocycles. The summed E-state index contributed by atoms with van der Waals surface area (Å²) in [4.78, 5) is 0. The zero-order valence-electron chi connectivity index (χ0n) is 10.7. The third-order valence-corrected chi connectivity index (χ3v) is 4.15. The fourth-order valence-electron chi connectivity index (χ4n) is 2.73. The molecule has 0 saturated heterocycles. The van der Waals surface area contributed by atoms with Gasteiger partial charge in [0.1, 0.15) is 0 Å². The molecule has 106 valence electrons. The number of benzene rings is 1. The summed E-state index contributed by atoms with van der Waals surface area (Å²) >= 11 is 5.99. The second kappa shape index (κ2) is 5.61. The zero-order chi connectivity index (χ0) is 14.0. The molecular formula is C14H17ClF3N. The fraction of sp³-hybridized carbons (Fsp3) is 0.571. The Morgan fingerprint density at radius 2 is 2.05 bits per heavy atom. The van der Waals surface area contributed by atoms with Crippen LogP contribution >= 0.6 is 11.6 Å². The van der Waals surface area contributed by atoms with E-state index >= 15 is 0 Å². The van der Waals surface area contributed by atoms with Crippen LogP contribution < -0.4 is 5.32 Å². The lowest BCUT2D eigenvalue weighted by molar-refractivity contribution is -0.137. The van der Waals surface area contributed by atoms with Crippen LogP contribution in [0.2, 0.25) is 5.02 Å². The van der Waals surface area contributed by atoms with Crippen LogP contribution in [0.4, 0.5) is 18.9 Å². The molecule has 0 spiro atoms. The molecule has 1 fully saturated rings. The van der Waals surface area contributed by atoms with Crippen LogP contribution in [-0.4, -0.2) is 6.04 Å². The van der Waals surface area contributed by atoms with Gasteiger partial charge in [0.2, 0.25) is 0 Å². The van der Waals surface area contributed by atoms with Crippen LogP contribution in [-0.2, 0) is 6.18 Å². The predicted octanol–water partition coefficient (Wildman–Crippen LogP) is 5.35.